The molecule has 0 radical (unpaired) electrons. The third-order valence-electron chi connectivity index (χ3n) is 5.60. The summed E-state index contributed by atoms with van der Waals surface area (Å²) in [5.41, 5.74) is 1.03. The number of carbonyl (C=O) groups excluding carboxylic acids is 1. The molecule has 0 unspecified atom stereocenters. The molecule has 3 aromatic carbocycles. The summed E-state index contributed by atoms with van der Waals surface area (Å²) < 4.78 is 62.9. The maximum atomic E-state index is 13.1. The number of carbonyl (C=O) groups is 1. The Labute approximate surface area is 194 Å². The largest absolute Gasteiger partial charge is 0.493 e. The fourth-order valence-corrected chi connectivity index (χ4v) is 3.59. The molecular formula is C26H23F4NO3. The van der Waals surface area contributed by atoms with Crippen LogP contribution in [0.3, 0.4) is 0 Å². The monoisotopic (exact) mass is 473 g/mol. The number of benzene rings is 3. The Balaban J connectivity index is 1.47. The van der Waals surface area contributed by atoms with Gasteiger partial charge in [-0.2, -0.15) is 13.2 Å². The molecule has 0 saturated heterocycles. The molecular weight excluding hydrogens is 450 g/mol. The van der Waals surface area contributed by atoms with Gasteiger partial charge in [0.25, 0.3) is 5.91 Å². The van der Waals surface area contributed by atoms with Gasteiger partial charge in [0, 0.05) is 18.2 Å². The van der Waals surface area contributed by atoms with Crippen molar-refractivity contribution in [3.8, 4) is 11.5 Å². The number of ether oxygens (including phenoxy) is 2. The lowest BCUT2D eigenvalue weighted by Crippen LogP contribution is -2.32. The molecule has 0 aromatic heterocycles. The lowest BCUT2D eigenvalue weighted by Gasteiger charge is -2.23. The predicted molar refractivity (Wildman–Crippen MR) is 118 cm³/mol. The van der Waals surface area contributed by atoms with Gasteiger partial charge in [0.15, 0.2) is 11.5 Å². The molecule has 1 amide bonds. The summed E-state index contributed by atoms with van der Waals surface area (Å²) in [5.74, 6) is 0.350. The number of hydrogen-bond acceptors (Lipinski definition) is 3. The van der Waals surface area contributed by atoms with E-state index in [4.69, 9.17) is 9.47 Å². The van der Waals surface area contributed by atoms with Crippen LogP contribution >= 0.6 is 0 Å². The molecule has 1 fully saturated rings. The zero-order valence-electron chi connectivity index (χ0n) is 18.4. The van der Waals surface area contributed by atoms with Gasteiger partial charge < -0.3 is 14.4 Å². The highest BCUT2D eigenvalue weighted by atomic mass is 19.4. The highest BCUT2D eigenvalue weighted by Crippen LogP contribution is 2.34. The van der Waals surface area contributed by atoms with Crippen molar-refractivity contribution >= 4 is 5.91 Å². The van der Waals surface area contributed by atoms with E-state index in [0.717, 1.165) is 36.1 Å². The van der Waals surface area contributed by atoms with Crippen LogP contribution in [-0.2, 0) is 19.3 Å². The fourth-order valence-electron chi connectivity index (χ4n) is 3.59. The average Bonchev–Trinajstić information content (AvgIpc) is 3.67. The quantitative estimate of drug-likeness (QED) is 0.364. The van der Waals surface area contributed by atoms with Crippen molar-refractivity contribution in [3.05, 3.63) is 94.8 Å². The van der Waals surface area contributed by atoms with E-state index in [0.29, 0.717) is 18.0 Å². The molecule has 34 heavy (non-hydrogen) atoms. The summed E-state index contributed by atoms with van der Waals surface area (Å²) in [6, 6.07) is 15.7. The third-order valence-corrected chi connectivity index (χ3v) is 5.60. The van der Waals surface area contributed by atoms with Crippen LogP contribution in [0.15, 0.2) is 66.7 Å². The van der Waals surface area contributed by atoms with E-state index in [2.05, 4.69) is 0 Å². The zero-order chi connectivity index (χ0) is 24.3. The van der Waals surface area contributed by atoms with Gasteiger partial charge in [0.1, 0.15) is 12.4 Å². The second-order valence-corrected chi connectivity index (χ2v) is 8.14. The van der Waals surface area contributed by atoms with Crippen molar-refractivity contribution < 1.29 is 31.8 Å². The highest BCUT2D eigenvalue weighted by Gasteiger charge is 2.34. The molecule has 3 aromatic rings. The molecule has 4 nitrogen and oxygen atoms in total. The van der Waals surface area contributed by atoms with Gasteiger partial charge in [-0.05, 0) is 72.5 Å². The van der Waals surface area contributed by atoms with E-state index >= 15 is 0 Å². The Morgan fingerprint density at radius 1 is 0.941 bits per heavy atom. The van der Waals surface area contributed by atoms with Gasteiger partial charge >= 0.3 is 6.18 Å². The van der Waals surface area contributed by atoms with Gasteiger partial charge in [-0.25, -0.2) is 4.39 Å². The van der Waals surface area contributed by atoms with Crippen molar-refractivity contribution in [2.45, 2.75) is 38.2 Å². The highest BCUT2D eigenvalue weighted by molar-refractivity contribution is 5.94. The van der Waals surface area contributed by atoms with E-state index < -0.39 is 11.7 Å². The molecule has 4 rings (SSSR count). The Morgan fingerprint density at radius 2 is 1.59 bits per heavy atom. The number of methoxy groups -OCH3 is 1. The standard InChI is InChI=1S/C26H23F4NO3/c1-33-24-14-18(4-13-23(24)34-16-17-2-9-21(27)10-3-17)15-31(22-11-12-22)25(32)19-5-7-20(8-6-19)26(28,29)30/h2-10,13-14,22H,11-12,15-16H2,1H3. The van der Waals surface area contributed by atoms with Crippen molar-refractivity contribution in [2.24, 2.45) is 0 Å². The predicted octanol–water partition coefficient (Wildman–Crippen LogP) is 6.24. The number of halogens is 4. The number of alkyl halides is 3. The van der Waals surface area contributed by atoms with Crippen molar-refractivity contribution in [1.82, 2.24) is 4.90 Å². The maximum absolute atomic E-state index is 13.1. The van der Waals surface area contributed by atoms with Crippen LogP contribution in [0.4, 0.5) is 17.6 Å². The lowest BCUT2D eigenvalue weighted by molar-refractivity contribution is -0.137. The normalized spacial score (nSPS) is 13.4. The van der Waals surface area contributed by atoms with Crippen LogP contribution in [0.5, 0.6) is 11.5 Å². The Kier molecular flexibility index (Phi) is 6.77. The first-order valence-corrected chi connectivity index (χ1v) is 10.8. The van der Waals surface area contributed by atoms with Gasteiger partial charge in [-0.15, -0.1) is 0 Å². The summed E-state index contributed by atoms with van der Waals surface area (Å²) in [6.07, 6.45) is -2.75. The van der Waals surface area contributed by atoms with E-state index in [-0.39, 0.29) is 29.9 Å². The summed E-state index contributed by atoms with van der Waals surface area (Å²) in [7, 11) is 1.51. The topological polar surface area (TPSA) is 38.8 Å². The van der Waals surface area contributed by atoms with E-state index in [1.165, 1.54) is 31.4 Å². The SMILES string of the molecule is COc1cc(CN(C(=O)c2ccc(C(F)(F)F)cc2)C2CC2)ccc1OCc1ccc(F)cc1. The second-order valence-electron chi connectivity index (χ2n) is 8.14. The molecule has 0 atom stereocenters. The maximum Gasteiger partial charge on any atom is 0.416 e. The van der Waals surface area contributed by atoms with Gasteiger partial charge in [-0.3, -0.25) is 4.79 Å². The van der Waals surface area contributed by atoms with Gasteiger partial charge in [0.05, 0.1) is 12.7 Å². The Bertz CT molecular complexity index is 1140. The van der Waals surface area contributed by atoms with Crippen LogP contribution in [0, 0.1) is 5.82 Å². The van der Waals surface area contributed by atoms with E-state index in [1.54, 1.807) is 29.2 Å². The van der Waals surface area contributed by atoms with Gasteiger partial charge in [0.2, 0.25) is 0 Å². The van der Waals surface area contributed by atoms with Crippen LogP contribution in [-0.4, -0.2) is 24.0 Å². The zero-order valence-corrected chi connectivity index (χ0v) is 18.4. The molecule has 0 N–H and O–H groups in total. The third kappa shape index (κ3) is 5.68. The van der Waals surface area contributed by atoms with Gasteiger partial charge in [-0.1, -0.05) is 18.2 Å². The van der Waals surface area contributed by atoms with E-state index in [1.807, 2.05) is 6.07 Å². The molecule has 1 aliphatic carbocycles. The minimum absolute atomic E-state index is 0.0511. The first kappa shape index (κ1) is 23.6. The lowest BCUT2D eigenvalue weighted by atomic mass is 10.1. The fraction of sp³-hybridized carbons (Fsp3) is 0.269. The molecule has 0 aliphatic heterocycles. The number of nitrogens with zero attached hydrogens (tertiary/aromatic N) is 1. The van der Waals surface area contributed by atoms with E-state index in [9.17, 15) is 22.4 Å². The van der Waals surface area contributed by atoms with Crippen LogP contribution < -0.4 is 9.47 Å². The second kappa shape index (κ2) is 9.75. The molecule has 1 saturated carbocycles. The number of rotatable bonds is 8. The molecule has 0 heterocycles. The average molecular weight is 473 g/mol. The van der Waals surface area contributed by atoms with Crippen LogP contribution in [0.2, 0.25) is 0 Å². The summed E-state index contributed by atoms with van der Waals surface area (Å²) >= 11 is 0. The number of amides is 1. The van der Waals surface area contributed by atoms with Crippen molar-refractivity contribution in [3.63, 3.8) is 0 Å². The first-order chi connectivity index (χ1) is 16.2. The molecule has 0 spiro atoms. The first-order valence-electron chi connectivity index (χ1n) is 10.8. The minimum Gasteiger partial charge on any atom is -0.493 e. The summed E-state index contributed by atoms with van der Waals surface area (Å²) in [5, 5.41) is 0. The van der Waals surface area contributed by atoms with Crippen molar-refractivity contribution in [1.29, 1.82) is 0 Å². The van der Waals surface area contributed by atoms with Crippen LogP contribution in [0.25, 0.3) is 0 Å². The summed E-state index contributed by atoms with van der Waals surface area (Å²) in [4.78, 5) is 14.7. The Hall–Kier alpha value is -3.55. The summed E-state index contributed by atoms with van der Waals surface area (Å²) in [6.45, 7) is 0.524. The molecule has 178 valence electrons. The molecule has 1 aliphatic rings. The smallest absolute Gasteiger partial charge is 0.416 e. The Morgan fingerprint density at radius 3 is 2.18 bits per heavy atom. The van der Waals surface area contributed by atoms with Crippen LogP contribution in [0.1, 0.15) is 39.9 Å². The molecule has 0 bridgehead atoms. The minimum atomic E-state index is -4.45. The van der Waals surface area contributed by atoms with Crippen molar-refractivity contribution in [2.75, 3.05) is 7.11 Å². The molecule has 8 heteroatoms. The number of hydrogen-bond donors (Lipinski definition) is 0.